The Morgan fingerprint density at radius 3 is 2.03 bits per heavy atom. The molecule has 0 spiro atoms. The standard InChI is InChI=1S/C47H72O20/c1-20-41(65-36-15-31(56-7)43(22(3)61-36)67-45-40(53)39(52)38(51)32(17-48)64-45)27(49)13-34(59-20)66-42-21(2)60-35(14-30(42)55-6)62-29-12-24-9-10-25-26(46(24,4)16-28(29)50)11-8-23-18-57-47(5)37(23)33(19-58-47)63-44(25)54/h9,18,20-22,25-43,45,48-53H,8,10-17,19H2,1-7H3/t20-,21-,22-,25+,26+,27-,28-,29-,30-,31-,32-,33-,34+,35+,36+,37-,38-,39+,40-,41-,42-,43-,45+,46+,47+/m1/s1. The Hall–Kier alpha value is -1.93. The Kier molecular flexibility index (Phi) is 14.9. The number of ether oxygens (including phenoxy) is 13. The highest BCUT2D eigenvalue weighted by Crippen LogP contribution is 2.57. The number of aliphatic hydroxyl groups is 6. The summed E-state index contributed by atoms with van der Waals surface area (Å²) in [6.07, 6.45) is -9.91. The second-order valence-electron chi connectivity index (χ2n) is 20.5. The van der Waals surface area contributed by atoms with Crippen LogP contribution in [0, 0.1) is 23.2 Å². The van der Waals surface area contributed by atoms with E-state index < -0.39 is 135 Å². The van der Waals surface area contributed by atoms with Gasteiger partial charge in [-0.15, -0.1) is 0 Å². The molecule has 0 aromatic rings. The fourth-order valence-corrected chi connectivity index (χ4v) is 12.6. The summed E-state index contributed by atoms with van der Waals surface area (Å²) in [6, 6.07) is 0. The molecule has 0 amide bonds. The van der Waals surface area contributed by atoms with Crippen LogP contribution in [-0.2, 0) is 66.4 Å². The first-order valence-corrected chi connectivity index (χ1v) is 24.2. The van der Waals surface area contributed by atoms with E-state index in [4.69, 9.17) is 61.6 Å². The number of carbonyl (C=O) groups excluding carboxylic acids is 1. The largest absolute Gasteiger partial charge is 0.469 e. The van der Waals surface area contributed by atoms with E-state index in [9.17, 15) is 35.4 Å². The van der Waals surface area contributed by atoms with Gasteiger partial charge in [-0.05, 0) is 69.8 Å². The SMILES string of the molecule is CO[C@@H]1C[C@H](O[C@@H]2CC3=CC[C@@H]4C(=O)O[C@@H]5CO[C@]6(C)OC=C(CC[C@@H]4[C@@]3(C)C[C@H]2O)[C@H]56)O[C@H](C)[C@H]1O[C@H]1C[C@@H](O)[C@H](O[C@H]2C[C@@H](OC)[C@H](O[C@@H]3O[C@H](CO)[C@@H](O)[C@H](O)[C@H]3O)[C@@H](C)O2)[C@@H](C)O1. The highest BCUT2D eigenvalue weighted by molar-refractivity contribution is 5.74. The summed E-state index contributed by atoms with van der Waals surface area (Å²) in [5.41, 5.74) is 1.84. The molecule has 6 N–H and O–H groups in total. The molecule has 0 aromatic heterocycles. The van der Waals surface area contributed by atoms with Crippen LogP contribution in [0.3, 0.4) is 0 Å². The summed E-state index contributed by atoms with van der Waals surface area (Å²) < 4.78 is 79.5. The molecule has 0 radical (unpaired) electrons. The zero-order valence-electron chi connectivity index (χ0n) is 39.4. The molecule has 380 valence electrons. The number of fused-ring (bicyclic) bond motifs is 3. The van der Waals surface area contributed by atoms with E-state index in [1.807, 2.05) is 13.8 Å². The first-order chi connectivity index (χ1) is 31.9. The van der Waals surface area contributed by atoms with E-state index in [1.165, 1.54) is 12.7 Å². The Balaban J connectivity index is 0.768. The number of hydrogen-bond acceptors (Lipinski definition) is 20. The highest BCUT2D eigenvalue weighted by atomic mass is 16.8. The van der Waals surface area contributed by atoms with Gasteiger partial charge in [-0.3, -0.25) is 4.79 Å². The normalized spacial score (nSPS) is 52.3. The minimum absolute atomic E-state index is 0.0362. The monoisotopic (exact) mass is 956 g/mol. The van der Waals surface area contributed by atoms with Crippen LogP contribution in [0.15, 0.2) is 23.5 Å². The first-order valence-electron chi connectivity index (χ1n) is 24.2. The maximum absolute atomic E-state index is 13.8. The molecule has 0 bridgehead atoms. The molecule has 25 atom stereocenters. The third-order valence-electron chi connectivity index (χ3n) is 16.3. The van der Waals surface area contributed by atoms with Crippen LogP contribution in [0.5, 0.6) is 0 Å². The molecule has 2 aliphatic carbocycles. The van der Waals surface area contributed by atoms with Gasteiger partial charge in [0.1, 0.15) is 48.8 Å². The van der Waals surface area contributed by atoms with Crippen LogP contribution in [0.2, 0.25) is 0 Å². The molecule has 9 aliphatic rings. The fraction of sp³-hybridized carbons (Fsp3) is 0.894. The molecule has 7 aliphatic heterocycles. The molecular weight excluding hydrogens is 884 g/mol. The van der Waals surface area contributed by atoms with Crippen LogP contribution in [-0.4, -0.2) is 193 Å². The van der Waals surface area contributed by atoms with Crippen molar-refractivity contribution >= 4 is 5.97 Å². The van der Waals surface area contributed by atoms with Crippen LogP contribution in [0.4, 0.5) is 0 Å². The van der Waals surface area contributed by atoms with Crippen molar-refractivity contribution in [3.8, 4) is 0 Å². The van der Waals surface area contributed by atoms with Crippen molar-refractivity contribution in [2.45, 2.75) is 215 Å². The number of methoxy groups -OCH3 is 2. The molecule has 1 saturated carbocycles. The maximum Gasteiger partial charge on any atom is 0.309 e. The van der Waals surface area contributed by atoms with Crippen molar-refractivity contribution in [3.05, 3.63) is 23.5 Å². The minimum atomic E-state index is -1.60. The summed E-state index contributed by atoms with van der Waals surface area (Å²) >= 11 is 0. The molecule has 7 heterocycles. The third-order valence-corrected chi connectivity index (χ3v) is 16.3. The average Bonchev–Trinajstić information content (AvgIpc) is 3.81. The second-order valence-corrected chi connectivity index (χ2v) is 20.5. The summed E-state index contributed by atoms with van der Waals surface area (Å²) in [7, 11) is 3.08. The third kappa shape index (κ3) is 9.51. The molecule has 6 saturated heterocycles. The topological polar surface area (TPSA) is 258 Å². The number of allylic oxidation sites excluding steroid dienone is 1. The van der Waals surface area contributed by atoms with Gasteiger partial charge in [0, 0.05) is 40.4 Å². The Morgan fingerprint density at radius 1 is 0.746 bits per heavy atom. The maximum atomic E-state index is 13.8. The summed E-state index contributed by atoms with van der Waals surface area (Å²) in [5.74, 6) is -1.52. The zero-order chi connectivity index (χ0) is 47.7. The second kappa shape index (κ2) is 19.9. The quantitative estimate of drug-likeness (QED) is 0.124. The molecule has 20 heteroatoms. The van der Waals surface area contributed by atoms with Crippen LogP contribution in [0.25, 0.3) is 0 Å². The predicted octanol–water partition coefficient (Wildman–Crippen LogP) is 0.829. The van der Waals surface area contributed by atoms with Gasteiger partial charge in [0.25, 0.3) is 0 Å². The molecule has 20 nitrogen and oxygen atoms in total. The Morgan fingerprint density at radius 2 is 1.37 bits per heavy atom. The molecule has 0 unspecified atom stereocenters. The van der Waals surface area contributed by atoms with Gasteiger partial charge in [0.05, 0.1) is 80.1 Å². The van der Waals surface area contributed by atoms with Crippen LogP contribution < -0.4 is 0 Å². The van der Waals surface area contributed by atoms with E-state index in [0.717, 1.165) is 18.4 Å². The van der Waals surface area contributed by atoms with Crippen molar-refractivity contribution in [2.75, 3.05) is 27.4 Å². The first kappa shape index (κ1) is 50.0. The predicted molar refractivity (Wildman–Crippen MR) is 227 cm³/mol. The van der Waals surface area contributed by atoms with Gasteiger partial charge < -0.3 is 92.2 Å². The van der Waals surface area contributed by atoms with Crippen molar-refractivity contribution in [1.82, 2.24) is 0 Å². The molecule has 9 rings (SSSR count). The van der Waals surface area contributed by atoms with E-state index in [1.54, 1.807) is 27.2 Å². The van der Waals surface area contributed by atoms with E-state index in [-0.39, 0.29) is 42.7 Å². The van der Waals surface area contributed by atoms with Gasteiger partial charge in [0.2, 0.25) is 5.79 Å². The lowest BCUT2D eigenvalue weighted by atomic mass is 9.55. The molecule has 7 fully saturated rings. The number of rotatable bonds is 11. The van der Waals surface area contributed by atoms with Crippen molar-refractivity contribution in [2.24, 2.45) is 23.2 Å². The number of carbonyl (C=O) groups is 1. The van der Waals surface area contributed by atoms with Crippen LogP contribution >= 0.6 is 0 Å². The highest BCUT2D eigenvalue weighted by Gasteiger charge is 2.59. The van der Waals surface area contributed by atoms with Crippen molar-refractivity contribution < 1.29 is 97.0 Å². The van der Waals surface area contributed by atoms with Gasteiger partial charge in [-0.1, -0.05) is 18.6 Å². The number of aliphatic hydroxyl groups excluding tert-OH is 6. The Labute approximate surface area is 390 Å². The van der Waals surface area contributed by atoms with Gasteiger partial charge >= 0.3 is 5.97 Å². The summed E-state index contributed by atoms with van der Waals surface area (Å²) in [6.45, 7) is 9.14. The van der Waals surface area contributed by atoms with E-state index in [2.05, 4.69) is 13.0 Å². The summed E-state index contributed by atoms with van der Waals surface area (Å²) in [5, 5.41) is 63.8. The molecule has 0 aromatic carbocycles. The Bertz CT molecular complexity index is 1790. The lowest BCUT2D eigenvalue weighted by Gasteiger charge is -2.52. The summed E-state index contributed by atoms with van der Waals surface area (Å²) in [4.78, 5) is 13.8. The minimum Gasteiger partial charge on any atom is -0.469 e. The molecular formula is C47H72O20. The zero-order valence-corrected chi connectivity index (χ0v) is 39.4. The van der Waals surface area contributed by atoms with Gasteiger partial charge in [-0.2, -0.15) is 0 Å². The fourth-order valence-electron chi connectivity index (χ4n) is 12.6. The lowest BCUT2D eigenvalue weighted by Crippen LogP contribution is -2.62. The van der Waals surface area contributed by atoms with Gasteiger partial charge in [0.15, 0.2) is 25.2 Å². The number of hydrogen-bond donors (Lipinski definition) is 6. The van der Waals surface area contributed by atoms with Crippen molar-refractivity contribution in [1.29, 1.82) is 0 Å². The molecule has 67 heavy (non-hydrogen) atoms. The van der Waals surface area contributed by atoms with Crippen molar-refractivity contribution in [3.63, 3.8) is 0 Å². The van der Waals surface area contributed by atoms with Crippen LogP contribution in [0.1, 0.15) is 86.0 Å². The number of esters is 1. The smallest absolute Gasteiger partial charge is 0.309 e. The van der Waals surface area contributed by atoms with Gasteiger partial charge in [-0.25, -0.2) is 0 Å². The lowest BCUT2D eigenvalue weighted by molar-refractivity contribution is -0.356. The average molecular weight is 957 g/mol. The van der Waals surface area contributed by atoms with E-state index in [0.29, 0.717) is 32.3 Å². The van der Waals surface area contributed by atoms with E-state index >= 15 is 0 Å².